The fraction of sp³-hybridized carbons (Fsp3) is 0.500. The number of anilines is 1. The highest BCUT2D eigenvalue weighted by molar-refractivity contribution is 5.79. The van der Waals surface area contributed by atoms with Gasteiger partial charge in [0.1, 0.15) is 5.75 Å². The van der Waals surface area contributed by atoms with Gasteiger partial charge < -0.3 is 16.2 Å². The van der Waals surface area contributed by atoms with E-state index in [1.54, 1.807) is 7.11 Å². The van der Waals surface area contributed by atoms with Crippen molar-refractivity contribution in [2.45, 2.75) is 31.8 Å². The molecule has 0 aromatic heterocycles. The van der Waals surface area contributed by atoms with E-state index < -0.39 is 0 Å². The van der Waals surface area contributed by atoms with Crippen molar-refractivity contribution in [2.24, 2.45) is 5.73 Å². The molecule has 1 saturated heterocycles. The van der Waals surface area contributed by atoms with E-state index >= 15 is 0 Å². The van der Waals surface area contributed by atoms with Gasteiger partial charge in [0.25, 0.3) is 0 Å². The summed E-state index contributed by atoms with van der Waals surface area (Å²) in [6.45, 7) is 1.52. The molecule has 5 nitrogen and oxygen atoms in total. The number of rotatable bonds is 4. The minimum atomic E-state index is -0.248. The van der Waals surface area contributed by atoms with Crippen molar-refractivity contribution in [2.75, 3.05) is 19.4 Å². The minimum Gasteiger partial charge on any atom is -0.496 e. The fourth-order valence-corrected chi connectivity index (χ4v) is 2.64. The summed E-state index contributed by atoms with van der Waals surface area (Å²) in [6.07, 6.45) is 2.98. The van der Waals surface area contributed by atoms with E-state index in [0.29, 0.717) is 12.2 Å². The number of nitrogens with zero attached hydrogens (tertiary/aromatic N) is 1. The maximum atomic E-state index is 11.5. The molecule has 1 fully saturated rings. The van der Waals surface area contributed by atoms with Crippen LogP contribution in [0.1, 0.15) is 24.8 Å². The quantitative estimate of drug-likeness (QED) is 0.797. The Balaban J connectivity index is 2.18. The van der Waals surface area contributed by atoms with E-state index in [0.717, 1.165) is 37.1 Å². The lowest BCUT2D eigenvalue weighted by Gasteiger charge is -2.33. The van der Waals surface area contributed by atoms with E-state index in [9.17, 15) is 4.79 Å². The Bertz CT molecular complexity index is 462. The minimum absolute atomic E-state index is 0.181. The molecule has 0 spiro atoms. The van der Waals surface area contributed by atoms with E-state index in [1.165, 1.54) is 0 Å². The molecule has 104 valence electrons. The third kappa shape index (κ3) is 3.17. The van der Waals surface area contributed by atoms with E-state index in [-0.39, 0.29) is 11.9 Å². The summed E-state index contributed by atoms with van der Waals surface area (Å²) in [5.41, 5.74) is 13.0. The monoisotopic (exact) mass is 263 g/mol. The number of benzene rings is 1. The molecule has 1 amide bonds. The van der Waals surface area contributed by atoms with Crippen LogP contribution in [0.2, 0.25) is 0 Å². The predicted molar refractivity (Wildman–Crippen MR) is 74.6 cm³/mol. The van der Waals surface area contributed by atoms with Gasteiger partial charge >= 0.3 is 0 Å². The van der Waals surface area contributed by atoms with Crippen LogP contribution < -0.4 is 16.2 Å². The lowest BCUT2D eigenvalue weighted by Crippen LogP contribution is -2.47. The largest absolute Gasteiger partial charge is 0.496 e. The summed E-state index contributed by atoms with van der Waals surface area (Å²) >= 11 is 0. The van der Waals surface area contributed by atoms with Crippen molar-refractivity contribution in [1.29, 1.82) is 0 Å². The average molecular weight is 263 g/mol. The van der Waals surface area contributed by atoms with Crippen LogP contribution in [0.4, 0.5) is 5.69 Å². The molecule has 1 unspecified atom stereocenters. The molecule has 1 aliphatic heterocycles. The van der Waals surface area contributed by atoms with E-state index in [4.69, 9.17) is 16.2 Å². The number of amides is 1. The molecule has 5 heteroatoms. The summed E-state index contributed by atoms with van der Waals surface area (Å²) in [6, 6.07) is 5.38. The molecule has 0 bridgehead atoms. The fourth-order valence-electron chi connectivity index (χ4n) is 2.64. The van der Waals surface area contributed by atoms with Gasteiger partial charge in [-0.15, -0.1) is 0 Å². The molecule has 2 rings (SSSR count). The molecule has 1 aromatic rings. The number of likely N-dealkylation sites (tertiary alicyclic amines) is 1. The van der Waals surface area contributed by atoms with Crippen LogP contribution in [0.15, 0.2) is 18.2 Å². The van der Waals surface area contributed by atoms with Gasteiger partial charge in [-0.25, -0.2) is 0 Å². The summed E-state index contributed by atoms with van der Waals surface area (Å²) < 4.78 is 5.34. The summed E-state index contributed by atoms with van der Waals surface area (Å²) in [7, 11) is 1.64. The van der Waals surface area contributed by atoms with Crippen molar-refractivity contribution in [3.05, 3.63) is 23.8 Å². The van der Waals surface area contributed by atoms with Gasteiger partial charge in [-0.1, -0.05) is 6.42 Å². The highest BCUT2D eigenvalue weighted by atomic mass is 16.5. The molecule has 1 atom stereocenters. The maximum absolute atomic E-state index is 11.5. The van der Waals surface area contributed by atoms with Crippen LogP contribution in [-0.2, 0) is 11.3 Å². The Kier molecular flexibility index (Phi) is 4.27. The second-order valence-corrected chi connectivity index (χ2v) is 4.96. The lowest BCUT2D eigenvalue weighted by molar-refractivity contribution is -0.124. The van der Waals surface area contributed by atoms with Crippen LogP contribution in [-0.4, -0.2) is 30.5 Å². The first-order valence-corrected chi connectivity index (χ1v) is 6.57. The van der Waals surface area contributed by atoms with Gasteiger partial charge in [0.2, 0.25) is 5.91 Å². The lowest BCUT2D eigenvalue weighted by atomic mass is 10.0. The first-order valence-electron chi connectivity index (χ1n) is 6.57. The average Bonchev–Trinajstić information content (AvgIpc) is 2.39. The number of ether oxygens (including phenoxy) is 1. The first kappa shape index (κ1) is 13.7. The van der Waals surface area contributed by atoms with Gasteiger partial charge in [-0.3, -0.25) is 9.69 Å². The van der Waals surface area contributed by atoms with Crippen molar-refractivity contribution in [3.63, 3.8) is 0 Å². The zero-order valence-corrected chi connectivity index (χ0v) is 11.3. The van der Waals surface area contributed by atoms with Crippen LogP contribution >= 0.6 is 0 Å². The summed E-state index contributed by atoms with van der Waals surface area (Å²) in [4.78, 5) is 13.6. The maximum Gasteiger partial charge on any atom is 0.234 e. The molecule has 4 N–H and O–H groups in total. The number of hydrogen-bond acceptors (Lipinski definition) is 4. The molecule has 1 aliphatic rings. The SMILES string of the molecule is COc1ccc(N)cc1CN1CCCCC1C(N)=O. The molecule has 1 heterocycles. The molecule has 0 saturated carbocycles. The number of nitrogen functional groups attached to an aromatic ring is 1. The summed E-state index contributed by atoms with van der Waals surface area (Å²) in [5.74, 6) is 0.547. The van der Waals surface area contributed by atoms with Crippen LogP contribution in [0, 0.1) is 0 Å². The number of primary amides is 1. The Morgan fingerprint density at radius 2 is 2.26 bits per heavy atom. The van der Waals surface area contributed by atoms with Crippen molar-refractivity contribution in [1.82, 2.24) is 4.90 Å². The number of carbonyl (C=O) groups excluding carboxylic acids is 1. The molecule has 0 aliphatic carbocycles. The van der Waals surface area contributed by atoms with Gasteiger partial charge in [0.15, 0.2) is 0 Å². The zero-order chi connectivity index (χ0) is 13.8. The highest BCUT2D eigenvalue weighted by Gasteiger charge is 2.27. The molecular weight excluding hydrogens is 242 g/mol. The topological polar surface area (TPSA) is 81.6 Å². The second-order valence-electron chi connectivity index (χ2n) is 4.96. The summed E-state index contributed by atoms with van der Waals surface area (Å²) in [5, 5.41) is 0. The normalized spacial score (nSPS) is 20.2. The number of piperidine rings is 1. The Morgan fingerprint density at radius 1 is 1.47 bits per heavy atom. The molecule has 1 aromatic carbocycles. The third-order valence-corrected chi connectivity index (χ3v) is 3.62. The molecule has 19 heavy (non-hydrogen) atoms. The smallest absolute Gasteiger partial charge is 0.234 e. The zero-order valence-electron chi connectivity index (χ0n) is 11.3. The van der Waals surface area contributed by atoms with Crippen molar-refractivity contribution in [3.8, 4) is 5.75 Å². The number of carbonyl (C=O) groups is 1. The van der Waals surface area contributed by atoms with Gasteiger partial charge in [0.05, 0.1) is 13.2 Å². The molecular formula is C14H21N3O2. The van der Waals surface area contributed by atoms with Gasteiger partial charge in [-0.2, -0.15) is 0 Å². The molecule has 0 radical (unpaired) electrons. The standard InChI is InChI=1S/C14H21N3O2/c1-19-13-6-5-11(15)8-10(13)9-17-7-3-2-4-12(17)14(16)18/h5-6,8,12H,2-4,7,9,15H2,1H3,(H2,16,18). The van der Waals surface area contributed by atoms with Gasteiger partial charge in [0, 0.05) is 17.8 Å². The number of nitrogens with two attached hydrogens (primary N) is 2. The van der Waals surface area contributed by atoms with Crippen LogP contribution in [0.25, 0.3) is 0 Å². The van der Waals surface area contributed by atoms with E-state index in [1.807, 2.05) is 18.2 Å². The predicted octanol–water partition coefficient (Wildman–Crippen LogP) is 1.12. The van der Waals surface area contributed by atoms with Gasteiger partial charge in [-0.05, 0) is 37.6 Å². The number of hydrogen-bond donors (Lipinski definition) is 2. The Hall–Kier alpha value is -1.75. The third-order valence-electron chi connectivity index (χ3n) is 3.62. The highest BCUT2D eigenvalue weighted by Crippen LogP contribution is 2.26. The van der Waals surface area contributed by atoms with E-state index in [2.05, 4.69) is 4.90 Å². The first-order chi connectivity index (χ1) is 9.11. The number of methoxy groups -OCH3 is 1. The van der Waals surface area contributed by atoms with Crippen molar-refractivity contribution >= 4 is 11.6 Å². The Labute approximate surface area is 113 Å². The van der Waals surface area contributed by atoms with Crippen molar-refractivity contribution < 1.29 is 9.53 Å². The second kappa shape index (κ2) is 5.93. The van der Waals surface area contributed by atoms with Crippen LogP contribution in [0.3, 0.4) is 0 Å². The Morgan fingerprint density at radius 3 is 2.95 bits per heavy atom. The van der Waals surface area contributed by atoms with Crippen LogP contribution in [0.5, 0.6) is 5.75 Å².